The largest absolute Gasteiger partial charge is 0.354 e. The Balaban J connectivity index is 0.00000272. The van der Waals surface area contributed by atoms with Gasteiger partial charge in [0.15, 0.2) is 0 Å². The quantitative estimate of drug-likeness (QED) is 0.255. The highest BCUT2D eigenvalue weighted by molar-refractivity contribution is 7.92. The zero-order valence-corrected chi connectivity index (χ0v) is 18.5. The lowest BCUT2D eigenvalue weighted by Gasteiger charge is -2.14. The fourth-order valence-corrected chi connectivity index (χ4v) is 4.59. The van der Waals surface area contributed by atoms with Crippen molar-refractivity contribution in [3.05, 3.63) is 72.8 Å². The van der Waals surface area contributed by atoms with E-state index in [1.165, 1.54) is 0 Å². The number of halogens is 1. The summed E-state index contributed by atoms with van der Waals surface area (Å²) in [6.07, 6.45) is 1.24. The number of rotatable bonds is 8. The van der Waals surface area contributed by atoms with Gasteiger partial charge in [-0.15, -0.1) is 12.4 Å². The van der Waals surface area contributed by atoms with Crippen LogP contribution in [0.3, 0.4) is 0 Å². The summed E-state index contributed by atoms with van der Waals surface area (Å²) in [7, 11) is -3.37. The third kappa shape index (κ3) is 5.44. The summed E-state index contributed by atoms with van der Waals surface area (Å²) >= 11 is 0. The van der Waals surface area contributed by atoms with Gasteiger partial charge in [-0.3, -0.25) is 4.72 Å². The molecule has 1 aromatic heterocycles. The number of aromatic nitrogens is 1. The molecule has 1 heterocycles. The minimum Gasteiger partial charge on any atom is -0.354 e. The molecule has 0 radical (unpaired) electrons. The summed E-state index contributed by atoms with van der Waals surface area (Å²) in [6, 6.07) is 23.3. The van der Waals surface area contributed by atoms with Crippen molar-refractivity contribution in [3.63, 3.8) is 0 Å². The number of hydrogen-bond donors (Lipinski definition) is 3. The SMILES string of the molecule is Cl.NCCCCS(=O)(=O)Nc1ccc(Nc2c3ccccc3nc3ccccc23)cc1. The lowest BCUT2D eigenvalue weighted by Crippen LogP contribution is -2.17. The van der Waals surface area contributed by atoms with E-state index in [-0.39, 0.29) is 18.2 Å². The van der Waals surface area contributed by atoms with Gasteiger partial charge in [0.2, 0.25) is 10.0 Å². The van der Waals surface area contributed by atoms with Gasteiger partial charge in [0, 0.05) is 22.1 Å². The Morgan fingerprint density at radius 1 is 0.774 bits per heavy atom. The molecular weight excluding hydrogens is 432 g/mol. The predicted octanol–water partition coefficient (Wildman–Crippen LogP) is 5.03. The first-order valence-electron chi connectivity index (χ1n) is 9.91. The van der Waals surface area contributed by atoms with Crippen LogP contribution in [0.5, 0.6) is 0 Å². The van der Waals surface area contributed by atoms with E-state index in [4.69, 9.17) is 10.7 Å². The Morgan fingerprint density at radius 2 is 1.32 bits per heavy atom. The summed E-state index contributed by atoms with van der Waals surface area (Å²) in [6.45, 7) is 0.494. The van der Waals surface area contributed by atoms with E-state index in [0.29, 0.717) is 25.1 Å². The second-order valence-electron chi connectivity index (χ2n) is 7.14. The maximum absolute atomic E-state index is 12.2. The molecular formula is C23H25ClN4O2S. The maximum atomic E-state index is 12.2. The van der Waals surface area contributed by atoms with Crippen LogP contribution in [0, 0.1) is 0 Å². The average Bonchev–Trinajstić information content (AvgIpc) is 2.75. The second-order valence-corrected chi connectivity index (χ2v) is 8.98. The molecule has 4 rings (SSSR count). The monoisotopic (exact) mass is 456 g/mol. The van der Waals surface area contributed by atoms with Crippen LogP contribution in [0.15, 0.2) is 72.8 Å². The Morgan fingerprint density at radius 3 is 1.90 bits per heavy atom. The molecule has 8 heteroatoms. The number of para-hydroxylation sites is 2. The van der Waals surface area contributed by atoms with Gasteiger partial charge < -0.3 is 11.1 Å². The van der Waals surface area contributed by atoms with E-state index < -0.39 is 10.0 Å². The van der Waals surface area contributed by atoms with Crippen LogP contribution < -0.4 is 15.8 Å². The fraction of sp³-hybridized carbons (Fsp3) is 0.174. The van der Waals surface area contributed by atoms with Crippen molar-refractivity contribution < 1.29 is 8.42 Å². The minimum atomic E-state index is -3.37. The van der Waals surface area contributed by atoms with E-state index in [1.54, 1.807) is 12.1 Å². The summed E-state index contributed by atoms with van der Waals surface area (Å²) in [5.41, 5.74) is 9.65. The molecule has 0 aliphatic rings. The van der Waals surface area contributed by atoms with Crippen LogP contribution in [0.2, 0.25) is 0 Å². The first kappa shape index (κ1) is 22.8. The average molecular weight is 457 g/mol. The zero-order valence-electron chi connectivity index (χ0n) is 16.9. The molecule has 3 aromatic carbocycles. The highest BCUT2D eigenvalue weighted by Gasteiger charge is 2.11. The van der Waals surface area contributed by atoms with Crippen molar-refractivity contribution in [2.24, 2.45) is 5.73 Å². The van der Waals surface area contributed by atoms with Gasteiger partial charge in [-0.25, -0.2) is 13.4 Å². The third-order valence-electron chi connectivity index (χ3n) is 4.88. The molecule has 0 bridgehead atoms. The molecule has 0 fully saturated rings. The first-order chi connectivity index (χ1) is 14.6. The molecule has 0 unspecified atom stereocenters. The van der Waals surface area contributed by atoms with Gasteiger partial charge in [0.1, 0.15) is 0 Å². The molecule has 0 atom stereocenters. The van der Waals surface area contributed by atoms with Gasteiger partial charge in [-0.2, -0.15) is 0 Å². The Labute approximate surface area is 188 Å². The van der Waals surface area contributed by atoms with Crippen molar-refractivity contribution in [1.29, 1.82) is 0 Å². The number of pyridine rings is 1. The predicted molar refractivity (Wildman–Crippen MR) is 132 cm³/mol. The summed E-state index contributed by atoms with van der Waals surface area (Å²) < 4.78 is 27.0. The van der Waals surface area contributed by atoms with Gasteiger partial charge in [0.25, 0.3) is 0 Å². The van der Waals surface area contributed by atoms with Crippen LogP contribution in [0.25, 0.3) is 21.8 Å². The van der Waals surface area contributed by atoms with E-state index in [2.05, 4.69) is 10.0 Å². The maximum Gasteiger partial charge on any atom is 0.232 e. The van der Waals surface area contributed by atoms with Crippen molar-refractivity contribution >= 4 is 61.3 Å². The molecule has 6 nitrogen and oxygen atoms in total. The Kier molecular flexibility index (Phi) is 7.33. The zero-order chi connectivity index (χ0) is 21.0. The van der Waals surface area contributed by atoms with Crippen LogP contribution in [-0.2, 0) is 10.0 Å². The topological polar surface area (TPSA) is 97.1 Å². The third-order valence-corrected chi connectivity index (χ3v) is 6.26. The lowest BCUT2D eigenvalue weighted by molar-refractivity contribution is 0.597. The van der Waals surface area contributed by atoms with Gasteiger partial charge in [0.05, 0.1) is 22.5 Å². The smallest absolute Gasteiger partial charge is 0.232 e. The van der Waals surface area contributed by atoms with Gasteiger partial charge in [-0.1, -0.05) is 36.4 Å². The number of sulfonamides is 1. The second kappa shape index (κ2) is 9.96. The molecule has 0 spiro atoms. The Bertz CT molecular complexity index is 1220. The molecule has 0 amide bonds. The fourth-order valence-electron chi connectivity index (χ4n) is 3.41. The summed E-state index contributed by atoms with van der Waals surface area (Å²) in [5.74, 6) is 0.0686. The van der Waals surface area contributed by atoms with E-state index in [9.17, 15) is 8.42 Å². The molecule has 4 aromatic rings. The number of nitrogens with one attached hydrogen (secondary N) is 2. The first-order valence-corrected chi connectivity index (χ1v) is 11.6. The number of hydrogen-bond acceptors (Lipinski definition) is 5. The highest BCUT2D eigenvalue weighted by Crippen LogP contribution is 2.33. The molecule has 4 N–H and O–H groups in total. The minimum absolute atomic E-state index is 0. The van der Waals surface area contributed by atoms with Crippen molar-refractivity contribution in [2.45, 2.75) is 12.8 Å². The van der Waals surface area contributed by atoms with E-state index in [0.717, 1.165) is 33.2 Å². The molecule has 0 saturated heterocycles. The summed E-state index contributed by atoms with van der Waals surface area (Å²) in [5, 5.41) is 5.55. The lowest BCUT2D eigenvalue weighted by atomic mass is 10.1. The van der Waals surface area contributed by atoms with E-state index in [1.807, 2.05) is 60.7 Å². The van der Waals surface area contributed by atoms with Crippen LogP contribution in [0.4, 0.5) is 17.1 Å². The standard InChI is InChI=1S/C23H24N4O2S.ClH/c24-15-5-6-16-30(28,29)27-18-13-11-17(12-14-18)25-23-19-7-1-3-9-21(19)26-22-10-4-2-8-20(22)23;/h1-4,7-14,27H,5-6,15-16,24H2,(H,25,26);1H. The van der Waals surface area contributed by atoms with Gasteiger partial charge >= 0.3 is 0 Å². The van der Waals surface area contributed by atoms with Crippen molar-refractivity contribution in [2.75, 3.05) is 22.3 Å². The molecule has 0 saturated carbocycles. The molecule has 162 valence electrons. The number of nitrogens with zero attached hydrogens (tertiary/aromatic N) is 1. The van der Waals surface area contributed by atoms with E-state index >= 15 is 0 Å². The number of unbranched alkanes of at least 4 members (excludes halogenated alkanes) is 1. The highest BCUT2D eigenvalue weighted by atomic mass is 35.5. The number of nitrogens with two attached hydrogens (primary N) is 1. The normalized spacial score (nSPS) is 11.3. The number of benzene rings is 3. The molecule has 0 aliphatic heterocycles. The number of anilines is 3. The molecule has 0 aliphatic carbocycles. The van der Waals surface area contributed by atoms with Gasteiger partial charge in [-0.05, 0) is 55.8 Å². The van der Waals surface area contributed by atoms with Crippen LogP contribution >= 0.6 is 12.4 Å². The van der Waals surface area contributed by atoms with Crippen LogP contribution in [0.1, 0.15) is 12.8 Å². The Hall–Kier alpha value is -2.87. The van der Waals surface area contributed by atoms with Crippen molar-refractivity contribution in [1.82, 2.24) is 4.98 Å². The molecule has 31 heavy (non-hydrogen) atoms. The van der Waals surface area contributed by atoms with Crippen molar-refractivity contribution in [3.8, 4) is 0 Å². The summed E-state index contributed by atoms with van der Waals surface area (Å²) in [4.78, 5) is 4.74. The van der Waals surface area contributed by atoms with Crippen LogP contribution in [-0.4, -0.2) is 25.7 Å². The number of fused-ring (bicyclic) bond motifs is 2.